The Morgan fingerprint density at radius 1 is 1.33 bits per heavy atom. The third kappa shape index (κ3) is 3.36. The van der Waals surface area contributed by atoms with E-state index < -0.39 is 18.9 Å². The Morgan fingerprint density at radius 3 is 2.22 bits per heavy atom. The van der Waals surface area contributed by atoms with Crippen molar-refractivity contribution < 1.29 is 8.42 Å². The molecule has 0 spiro atoms. The van der Waals surface area contributed by atoms with Crippen LogP contribution >= 0.6 is 46.1 Å². The van der Waals surface area contributed by atoms with Crippen molar-refractivity contribution in [1.29, 1.82) is 0 Å². The fraction of sp³-hybridized carbons (Fsp3) is 0.556. The molecule has 0 aliphatic heterocycles. The van der Waals surface area contributed by atoms with Gasteiger partial charge in [-0.3, -0.25) is 0 Å². The molecule has 0 saturated carbocycles. The summed E-state index contributed by atoms with van der Waals surface area (Å²) >= 11 is 17.6. The smallest absolute Gasteiger partial charge is 0.221 e. The first-order valence-corrected chi connectivity index (χ1v) is 8.37. The zero-order valence-electron chi connectivity index (χ0n) is 9.60. The molecular weight excluding hydrogens is 339 g/mol. The molecule has 1 heterocycles. The predicted octanol–water partition coefficient (Wildman–Crippen LogP) is 3.35. The number of halogens is 3. The molecule has 1 atom stereocenters. The maximum Gasteiger partial charge on any atom is 0.243 e. The second-order valence-electron chi connectivity index (χ2n) is 3.86. The van der Waals surface area contributed by atoms with E-state index in [2.05, 4.69) is 16.8 Å². The van der Waals surface area contributed by atoms with Crippen LogP contribution in [0.25, 0.3) is 0 Å². The van der Waals surface area contributed by atoms with Gasteiger partial charge in [-0.1, -0.05) is 66.1 Å². The van der Waals surface area contributed by atoms with Crippen LogP contribution in [0.15, 0.2) is 17.0 Å². The largest absolute Gasteiger partial charge is 0.243 e. The van der Waals surface area contributed by atoms with Gasteiger partial charge in [-0.15, -0.1) is 16.8 Å². The Labute approximate surface area is 125 Å². The second-order valence-corrected chi connectivity index (χ2v) is 9.40. The quantitative estimate of drug-likeness (QED) is 0.618. The van der Waals surface area contributed by atoms with E-state index >= 15 is 0 Å². The molecule has 0 aromatic carbocycles. The van der Waals surface area contributed by atoms with Gasteiger partial charge < -0.3 is 0 Å². The lowest BCUT2D eigenvalue weighted by molar-refractivity contribution is 0.559. The van der Waals surface area contributed by atoms with Gasteiger partial charge in [-0.25, -0.2) is 8.42 Å². The highest BCUT2D eigenvalue weighted by atomic mass is 35.6. The molecule has 18 heavy (non-hydrogen) atoms. The Bertz CT molecular complexity index is 534. The molecule has 1 unspecified atom stereocenters. The number of rotatable bonds is 4. The van der Waals surface area contributed by atoms with Crippen LogP contribution in [0.4, 0.5) is 0 Å². The first kappa shape index (κ1) is 16.2. The van der Waals surface area contributed by atoms with E-state index in [-0.39, 0.29) is 15.3 Å². The van der Waals surface area contributed by atoms with Gasteiger partial charge in [-0.2, -0.15) is 0 Å². The van der Waals surface area contributed by atoms with Crippen LogP contribution in [-0.2, 0) is 13.6 Å². The van der Waals surface area contributed by atoms with Crippen molar-refractivity contribution in [3.05, 3.63) is 17.7 Å². The molecule has 9 heteroatoms. The Balaban J connectivity index is 3.22. The molecule has 0 fully saturated rings. The molecule has 102 valence electrons. The summed E-state index contributed by atoms with van der Waals surface area (Å²) in [5, 5.41) is 6.46. The summed E-state index contributed by atoms with van der Waals surface area (Å²) in [5.74, 6) is -0.132. The molecule has 1 aromatic heterocycles. The number of nitrogens with zero attached hydrogens (tertiary/aromatic N) is 2. The van der Waals surface area contributed by atoms with Crippen LogP contribution in [0.5, 0.6) is 0 Å². The van der Waals surface area contributed by atoms with Crippen molar-refractivity contribution in [2.75, 3.05) is 0 Å². The van der Waals surface area contributed by atoms with Crippen LogP contribution in [0.1, 0.15) is 18.9 Å². The second kappa shape index (κ2) is 5.63. The average Bonchev–Trinajstić information content (AvgIpc) is 2.65. The van der Waals surface area contributed by atoms with E-state index in [0.717, 1.165) is 11.3 Å². The first-order valence-electron chi connectivity index (χ1n) is 4.88. The molecule has 0 aliphatic rings. The number of alkyl halides is 3. The highest BCUT2D eigenvalue weighted by molar-refractivity contribution is 7.94. The van der Waals surface area contributed by atoms with E-state index in [1.165, 1.54) is 6.08 Å². The van der Waals surface area contributed by atoms with Crippen molar-refractivity contribution in [2.24, 2.45) is 5.92 Å². The third-order valence-corrected chi connectivity index (χ3v) is 6.82. The summed E-state index contributed by atoms with van der Waals surface area (Å²) in [6.45, 7) is 7.09. The summed E-state index contributed by atoms with van der Waals surface area (Å²) < 4.78 is 22.6. The predicted molar refractivity (Wildman–Crippen MR) is 75.2 cm³/mol. The zero-order valence-corrected chi connectivity index (χ0v) is 13.5. The van der Waals surface area contributed by atoms with Gasteiger partial charge >= 0.3 is 0 Å². The number of hydrogen-bond acceptors (Lipinski definition) is 5. The van der Waals surface area contributed by atoms with Crippen LogP contribution in [0, 0.1) is 5.92 Å². The standard InChI is InChI=1S/C9H11Cl3N2O2S2/c1-4-6(5(2)3)18(15,16)8-14-13-7(17-8)9(10,11)12/h4-6H,1H2,2-3H3. The maximum atomic E-state index is 12.3. The first-order chi connectivity index (χ1) is 8.10. The molecule has 1 rings (SSSR count). The molecule has 0 radical (unpaired) electrons. The van der Waals surface area contributed by atoms with Crippen LogP contribution < -0.4 is 0 Å². The molecule has 1 aromatic rings. The fourth-order valence-electron chi connectivity index (χ4n) is 1.31. The lowest BCUT2D eigenvalue weighted by Gasteiger charge is -2.14. The van der Waals surface area contributed by atoms with Gasteiger partial charge in [0.05, 0.1) is 5.25 Å². The average molecular weight is 350 g/mol. The monoisotopic (exact) mass is 348 g/mol. The van der Waals surface area contributed by atoms with Crippen LogP contribution in [0.2, 0.25) is 0 Å². The van der Waals surface area contributed by atoms with Crippen molar-refractivity contribution in [1.82, 2.24) is 10.2 Å². The Kier molecular flexibility index (Phi) is 5.06. The fourth-order valence-corrected chi connectivity index (χ4v) is 4.61. The SMILES string of the molecule is C=CC(C(C)C)S(=O)(=O)c1nnc(C(Cl)(Cl)Cl)s1. The van der Waals surface area contributed by atoms with E-state index in [4.69, 9.17) is 34.8 Å². The maximum absolute atomic E-state index is 12.3. The summed E-state index contributed by atoms with van der Waals surface area (Å²) in [4.78, 5) is 0. The number of sulfone groups is 1. The van der Waals surface area contributed by atoms with Crippen LogP contribution in [-0.4, -0.2) is 23.9 Å². The highest BCUT2D eigenvalue weighted by Gasteiger charge is 2.35. The van der Waals surface area contributed by atoms with Gasteiger partial charge in [0.2, 0.25) is 18.0 Å². The van der Waals surface area contributed by atoms with Gasteiger partial charge in [0.15, 0.2) is 5.01 Å². The van der Waals surface area contributed by atoms with Gasteiger partial charge in [0.25, 0.3) is 0 Å². The zero-order chi connectivity index (χ0) is 14.1. The highest BCUT2D eigenvalue weighted by Crippen LogP contribution is 2.40. The van der Waals surface area contributed by atoms with E-state index in [0.29, 0.717) is 0 Å². The molecule has 0 amide bonds. The summed E-state index contributed by atoms with van der Waals surface area (Å²) in [5.41, 5.74) is 0. The van der Waals surface area contributed by atoms with Crippen molar-refractivity contribution in [2.45, 2.75) is 27.2 Å². The Hall–Kier alpha value is 0.120. The summed E-state index contributed by atoms with van der Waals surface area (Å²) in [7, 11) is -3.64. The number of aromatic nitrogens is 2. The third-order valence-electron chi connectivity index (χ3n) is 2.14. The van der Waals surface area contributed by atoms with Gasteiger partial charge in [0, 0.05) is 0 Å². The van der Waals surface area contributed by atoms with E-state index in [9.17, 15) is 8.42 Å². The Morgan fingerprint density at radius 2 is 1.89 bits per heavy atom. The van der Waals surface area contributed by atoms with E-state index in [1.807, 2.05) is 0 Å². The van der Waals surface area contributed by atoms with Gasteiger partial charge in [0.1, 0.15) is 0 Å². The minimum atomic E-state index is -3.64. The molecule has 0 saturated heterocycles. The summed E-state index contributed by atoms with van der Waals surface area (Å²) in [6.07, 6.45) is 1.37. The minimum Gasteiger partial charge on any atom is -0.221 e. The lowest BCUT2D eigenvalue weighted by Crippen LogP contribution is -2.24. The molecule has 0 bridgehead atoms. The van der Waals surface area contributed by atoms with Crippen molar-refractivity contribution in [3.8, 4) is 0 Å². The topological polar surface area (TPSA) is 59.9 Å². The van der Waals surface area contributed by atoms with E-state index in [1.54, 1.807) is 13.8 Å². The normalized spacial score (nSPS) is 14.8. The van der Waals surface area contributed by atoms with Gasteiger partial charge in [-0.05, 0) is 5.92 Å². The molecular formula is C9H11Cl3N2O2S2. The molecule has 0 N–H and O–H groups in total. The van der Waals surface area contributed by atoms with Crippen LogP contribution in [0.3, 0.4) is 0 Å². The van der Waals surface area contributed by atoms with Crippen molar-refractivity contribution >= 4 is 56.0 Å². The number of hydrogen-bond donors (Lipinski definition) is 0. The summed E-state index contributed by atoms with van der Waals surface area (Å²) in [6, 6.07) is 0. The molecule has 4 nitrogen and oxygen atoms in total. The lowest BCUT2D eigenvalue weighted by atomic mass is 10.1. The minimum absolute atomic E-state index is 0.0256. The molecule has 0 aliphatic carbocycles. The van der Waals surface area contributed by atoms with Crippen molar-refractivity contribution in [3.63, 3.8) is 0 Å².